The number of nitrogens with one attached hydrogen (secondary N) is 2. The Labute approximate surface area is 179 Å². The van der Waals surface area contributed by atoms with Crippen LogP contribution < -0.4 is 10.5 Å². The van der Waals surface area contributed by atoms with Crippen molar-refractivity contribution >= 4 is 28.7 Å². The third kappa shape index (κ3) is 3.50. The molecule has 5 nitrogen and oxygen atoms in total. The second kappa shape index (κ2) is 7.47. The van der Waals surface area contributed by atoms with Crippen LogP contribution in [0.15, 0.2) is 66.7 Å². The van der Waals surface area contributed by atoms with Crippen LogP contribution in [0.2, 0.25) is 0 Å². The molecule has 31 heavy (non-hydrogen) atoms. The second-order valence-corrected chi connectivity index (χ2v) is 7.93. The Bertz CT molecular complexity index is 1350. The Kier molecular flexibility index (Phi) is 4.62. The van der Waals surface area contributed by atoms with Gasteiger partial charge in [0, 0.05) is 18.1 Å². The summed E-state index contributed by atoms with van der Waals surface area (Å²) in [4.78, 5) is 6.22. The molecule has 2 N–H and O–H groups in total. The van der Waals surface area contributed by atoms with Crippen LogP contribution in [0.5, 0.6) is 0 Å². The maximum absolute atomic E-state index is 14.0. The molecule has 5 rings (SSSR count). The van der Waals surface area contributed by atoms with E-state index < -0.39 is 0 Å². The minimum absolute atomic E-state index is 0.0808. The standard InChI is InChI=1S/C25H22FN5/c1-30(24-22-14-20(26)11-12-23(22)31(15-27)25(28)29-24)21-4-2-3-19(13-21)18-9-7-17(8-10-18)16-5-6-16/h2-4,7-16,27-28H,5-6H2,1H3. The van der Waals surface area contributed by atoms with Gasteiger partial charge in [-0.2, -0.15) is 4.98 Å². The topological polar surface area (TPSA) is 68.8 Å². The van der Waals surface area contributed by atoms with Crippen LogP contribution >= 0.6 is 0 Å². The van der Waals surface area contributed by atoms with E-state index in [1.165, 1.54) is 35.1 Å². The van der Waals surface area contributed by atoms with Crippen molar-refractivity contribution in [3.05, 3.63) is 83.7 Å². The van der Waals surface area contributed by atoms with Crippen LogP contribution in [-0.2, 0) is 0 Å². The van der Waals surface area contributed by atoms with Crippen LogP contribution in [0, 0.1) is 16.6 Å². The van der Waals surface area contributed by atoms with Gasteiger partial charge in [-0.3, -0.25) is 15.4 Å². The molecule has 154 valence electrons. The van der Waals surface area contributed by atoms with Crippen molar-refractivity contribution in [2.75, 3.05) is 11.9 Å². The average molecular weight is 411 g/mol. The molecule has 1 aliphatic carbocycles. The zero-order valence-electron chi connectivity index (χ0n) is 17.1. The van der Waals surface area contributed by atoms with Gasteiger partial charge in [0.15, 0.2) is 0 Å². The number of nitrogens with zero attached hydrogens (tertiary/aromatic N) is 3. The van der Waals surface area contributed by atoms with Crippen molar-refractivity contribution in [3.63, 3.8) is 0 Å². The van der Waals surface area contributed by atoms with Gasteiger partial charge in [-0.05, 0) is 65.8 Å². The molecule has 0 amide bonds. The number of anilines is 2. The Balaban J connectivity index is 1.58. The Morgan fingerprint density at radius 2 is 1.81 bits per heavy atom. The summed E-state index contributed by atoms with van der Waals surface area (Å²) >= 11 is 0. The van der Waals surface area contributed by atoms with Crippen molar-refractivity contribution < 1.29 is 4.39 Å². The fraction of sp³-hybridized carbons (Fsp3) is 0.160. The lowest BCUT2D eigenvalue weighted by Gasteiger charge is -2.22. The minimum Gasteiger partial charge on any atom is -0.329 e. The van der Waals surface area contributed by atoms with Gasteiger partial charge in [0.1, 0.15) is 11.6 Å². The highest BCUT2D eigenvalue weighted by Gasteiger charge is 2.23. The van der Waals surface area contributed by atoms with Crippen molar-refractivity contribution in [1.82, 2.24) is 9.55 Å². The lowest BCUT2D eigenvalue weighted by Crippen LogP contribution is -2.26. The molecular formula is C25H22FN5. The van der Waals surface area contributed by atoms with E-state index in [-0.39, 0.29) is 11.4 Å². The van der Waals surface area contributed by atoms with E-state index in [1.807, 2.05) is 24.1 Å². The highest BCUT2D eigenvalue weighted by molar-refractivity contribution is 5.94. The molecule has 6 heteroatoms. The quantitative estimate of drug-likeness (QED) is 0.340. The van der Waals surface area contributed by atoms with E-state index >= 15 is 0 Å². The summed E-state index contributed by atoms with van der Waals surface area (Å²) in [6.07, 6.45) is 3.59. The fourth-order valence-corrected chi connectivity index (χ4v) is 3.99. The normalized spacial score (nSPS) is 13.4. The fourth-order valence-electron chi connectivity index (χ4n) is 3.99. The number of halogens is 1. The summed E-state index contributed by atoms with van der Waals surface area (Å²) in [5, 5.41) is 16.4. The van der Waals surface area contributed by atoms with E-state index in [9.17, 15) is 4.39 Å². The Morgan fingerprint density at radius 1 is 1.03 bits per heavy atom. The lowest BCUT2D eigenvalue weighted by molar-refractivity contribution is 0.629. The summed E-state index contributed by atoms with van der Waals surface area (Å²) in [6.45, 7) is 0. The summed E-state index contributed by atoms with van der Waals surface area (Å²) in [7, 11) is 1.86. The first-order valence-corrected chi connectivity index (χ1v) is 10.3. The summed E-state index contributed by atoms with van der Waals surface area (Å²) in [5.41, 5.74) is 4.99. The van der Waals surface area contributed by atoms with E-state index in [0.29, 0.717) is 16.7 Å². The van der Waals surface area contributed by atoms with Crippen LogP contribution in [0.3, 0.4) is 0 Å². The third-order valence-corrected chi connectivity index (χ3v) is 5.87. The van der Waals surface area contributed by atoms with Crippen molar-refractivity contribution in [2.24, 2.45) is 0 Å². The maximum Gasteiger partial charge on any atom is 0.229 e. The zero-order valence-corrected chi connectivity index (χ0v) is 17.1. The first-order valence-electron chi connectivity index (χ1n) is 10.3. The Morgan fingerprint density at radius 3 is 2.52 bits per heavy atom. The molecule has 0 spiro atoms. The van der Waals surface area contributed by atoms with Crippen LogP contribution in [-0.4, -0.2) is 22.9 Å². The summed E-state index contributed by atoms with van der Waals surface area (Å²) in [5.74, 6) is 0.814. The van der Waals surface area contributed by atoms with Gasteiger partial charge < -0.3 is 4.90 Å². The number of aromatic nitrogens is 2. The molecule has 1 heterocycles. The maximum atomic E-state index is 14.0. The van der Waals surface area contributed by atoms with Crippen LogP contribution in [0.25, 0.3) is 22.0 Å². The predicted octanol–water partition coefficient (Wildman–Crippen LogP) is 5.42. The summed E-state index contributed by atoms with van der Waals surface area (Å²) in [6, 6.07) is 21.1. The molecule has 0 radical (unpaired) electrons. The van der Waals surface area contributed by atoms with Crippen molar-refractivity contribution in [3.8, 4) is 11.1 Å². The summed E-state index contributed by atoms with van der Waals surface area (Å²) < 4.78 is 15.4. The molecule has 0 aliphatic heterocycles. The second-order valence-electron chi connectivity index (χ2n) is 7.93. The SMILES string of the molecule is CN(c1cccc(-c2ccc(C3CC3)cc2)c1)c1nc(=N)n(C=N)c2ccc(F)cc12. The van der Waals surface area contributed by atoms with Gasteiger partial charge in [-0.1, -0.05) is 36.4 Å². The molecule has 0 saturated heterocycles. The molecule has 0 unspecified atom stereocenters. The first-order chi connectivity index (χ1) is 15.0. The largest absolute Gasteiger partial charge is 0.329 e. The van der Waals surface area contributed by atoms with Crippen LogP contribution in [0.1, 0.15) is 24.3 Å². The molecule has 3 aromatic carbocycles. The number of benzene rings is 3. The van der Waals surface area contributed by atoms with Crippen molar-refractivity contribution in [2.45, 2.75) is 18.8 Å². The molecule has 1 aromatic heterocycles. The van der Waals surface area contributed by atoms with Gasteiger partial charge >= 0.3 is 0 Å². The van der Waals surface area contributed by atoms with Crippen molar-refractivity contribution in [1.29, 1.82) is 10.8 Å². The lowest BCUT2D eigenvalue weighted by atomic mass is 10.0. The van der Waals surface area contributed by atoms with E-state index in [0.717, 1.165) is 29.1 Å². The molecule has 0 atom stereocenters. The highest BCUT2D eigenvalue weighted by atomic mass is 19.1. The number of fused-ring (bicyclic) bond motifs is 1. The zero-order chi connectivity index (χ0) is 21.5. The number of hydrogen-bond donors (Lipinski definition) is 2. The van der Waals surface area contributed by atoms with Gasteiger partial charge in [-0.15, -0.1) is 0 Å². The monoisotopic (exact) mass is 411 g/mol. The van der Waals surface area contributed by atoms with E-state index in [1.54, 1.807) is 6.07 Å². The molecular weight excluding hydrogens is 389 g/mol. The number of rotatable bonds is 5. The Hall–Kier alpha value is -3.80. The molecule has 0 bridgehead atoms. The van der Waals surface area contributed by atoms with E-state index in [2.05, 4.69) is 41.4 Å². The molecule has 1 fully saturated rings. The predicted molar refractivity (Wildman–Crippen MR) is 122 cm³/mol. The third-order valence-electron chi connectivity index (χ3n) is 5.87. The van der Waals surface area contributed by atoms with Gasteiger partial charge in [0.05, 0.1) is 11.9 Å². The minimum atomic E-state index is -0.386. The first kappa shape index (κ1) is 19.2. The molecule has 1 aliphatic rings. The van der Waals surface area contributed by atoms with Crippen LogP contribution in [0.4, 0.5) is 15.9 Å². The van der Waals surface area contributed by atoms with Gasteiger partial charge in [0.2, 0.25) is 5.62 Å². The smallest absolute Gasteiger partial charge is 0.229 e. The molecule has 1 saturated carbocycles. The average Bonchev–Trinajstić information content (AvgIpc) is 3.64. The van der Waals surface area contributed by atoms with E-state index in [4.69, 9.17) is 10.8 Å². The van der Waals surface area contributed by atoms with Gasteiger partial charge in [-0.25, -0.2) is 4.39 Å². The van der Waals surface area contributed by atoms with Gasteiger partial charge in [0.25, 0.3) is 0 Å². The number of hydrogen-bond acceptors (Lipinski definition) is 4. The highest BCUT2D eigenvalue weighted by Crippen LogP contribution is 2.40. The molecule has 4 aromatic rings.